The van der Waals surface area contributed by atoms with E-state index in [1.165, 1.54) is 30.7 Å². The highest BCUT2D eigenvalue weighted by atomic mass is 35.6. The normalized spacial score (nSPS) is 11.7. The molecule has 0 bridgehead atoms. The maximum atomic E-state index is 9.51. The van der Waals surface area contributed by atoms with Crippen LogP contribution in [0.15, 0.2) is 0 Å². The van der Waals surface area contributed by atoms with Crippen molar-refractivity contribution >= 4 is 40.8 Å². The number of quaternary nitrogens is 1. The van der Waals surface area contributed by atoms with Crippen LogP contribution >= 0.6 is 34.8 Å². The quantitative estimate of drug-likeness (QED) is 0.587. The Hall–Kier alpha value is 0.300. The third kappa shape index (κ3) is 7.55. The van der Waals surface area contributed by atoms with Crippen molar-refractivity contribution in [3.8, 4) is 0 Å². The topological polar surface area (TPSA) is 40.1 Å². The fourth-order valence-corrected chi connectivity index (χ4v) is 1.34. The lowest BCUT2D eigenvalue weighted by Gasteiger charge is -2.34. The SMILES string of the molecule is CC[N+](CC)(CC)CC.O=C([O-])C(Cl)(Cl)Cl. The molecule has 0 aromatic carbocycles. The van der Waals surface area contributed by atoms with E-state index in [9.17, 15) is 9.90 Å². The lowest BCUT2D eigenvalue weighted by atomic mass is 10.3. The first-order chi connectivity index (χ1) is 7.19. The van der Waals surface area contributed by atoms with Gasteiger partial charge in [0.05, 0.1) is 32.1 Å². The van der Waals surface area contributed by atoms with E-state index in [2.05, 4.69) is 27.7 Å². The summed E-state index contributed by atoms with van der Waals surface area (Å²) in [5.74, 6) is -1.71. The second-order valence-corrected chi connectivity index (χ2v) is 5.67. The van der Waals surface area contributed by atoms with Crippen LogP contribution in [0.2, 0.25) is 0 Å². The van der Waals surface area contributed by atoms with Crippen molar-refractivity contribution < 1.29 is 14.4 Å². The molecule has 0 N–H and O–H groups in total. The molecule has 98 valence electrons. The van der Waals surface area contributed by atoms with Gasteiger partial charge in [0, 0.05) is 0 Å². The van der Waals surface area contributed by atoms with Crippen molar-refractivity contribution in [2.75, 3.05) is 26.2 Å². The Balaban J connectivity index is 0. The van der Waals surface area contributed by atoms with Gasteiger partial charge in [-0.25, -0.2) is 0 Å². The maximum Gasteiger partial charge on any atom is 0.230 e. The van der Waals surface area contributed by atoms with E-state index >= 15 is 0 Å². The first kappa shape index (κ1) is 18.7. The largest absolute Gasteiger partial charge is 0.545 e. The predicted octanol–water partition coefficient (Wildman–Crippen LogP) is 1.99. The van der Waals surface area contributed by atoms with Gasteiger partial charge in [-0.15, -0.1) is 0 Å². The monoisotopic (exact) mass is 291 g/mol. The van der Waals surface area contributed by atoms with E-state index in [1.54, 1.807) is 0 Å². The highest BCUT2D eigenvalue weighted by molar-refractivity contribution is 6.75. The molecule has 0 radical (unpaired) electrons. The number of hydrogen-bond donors (Lipinski definition) is 0. The molecule has 0 rings (SSSR count). The fraction of sp³-hybridized carbons (Fsp3) is 0.900. The molecular weight excluding hydrogens is 272 g/mol. The van der Waals surface area contributed by atoms with Crippen LogP contribution in [0.1, 0.15) is 27.7 Å². The highest BCUT2D eigenvalue weighted by Gasteiger charge is 2.20. The summed E-state index contributed by atoms with van der Waals surface area (Å²) in [7, 11) is 0. The number of carbonyl (C=O) groups excluding carboxylic acids is 1. The van der Waals surface area contributed by atoms with Crippen molar-refractivity contribution in [2.24, 2.45) is 0 Å². The lowest BCUT2D eigenvalue weighted by molar-refractivity contribution is -0.921. The van der Waals surface area contributed by atoms with Crippen LogP contribution in [0, 0.1) is 0 Å². The van der Waals surface area contributed by atoms with E-state index in [0.717, 1.165) is 0 Å². The van der Waals surface area contributed by atoms with Gasteiger partial charge in [-0.2, -0.15) is 0 Å². The standard InChI is InChI=1S/C8H20N.C2HCl3O2/c1-5-9(6-2,7-3)8-4;3-2(4,5)1(6)7/h5-8H2,1-4H3;(H,6,7)/q+1;/p-1. The average Bonchev–Trinajstić information content (AvgIpc) is 2.21. The summed E-state index contributed by atoms with van der Waals surface area (Å²) in [6.45, 7) is 14.2. The van der Waals surface area contributed by atoms with Crippen molar-refractivity contribution in [1.82, 2.24) is 0 Å². The molecule has 0 aromatic rings. The minimum Gasteiger partial charge on any atom is -0.545 e. The second kappa shape index (κ2) is 8.40. The molecule has 0 heterocycles. The summed E-state index contributed by atoms with van der Waals surface area (Å²) in [6.07, 6.45) is 0. The molecule has 0 spiro atoms. The number of hydrogen-bond acceptors (Lipinski definition) is 2. The van der Waals surface area contributed by atoms with Crippen LogP contribution in [0.25, 0.3) is 0 Å². The lowest BCUT2D eigenvalue weighted by Crippen LogP contribution is -2.47. The smallest absolute Gasteiger partial charge is 0.230 e. The van der Waals surface area contributed by atoms with Gasteiger partial charge in [-0.3, -0.25) is 0 Å². The van der Waals surface area contributed by atoms with E-state index in [4.69, 9.17) is 34.8 Å². The van der Waals surface area contributed by atoms with Crippen LogP contribution < -0.4 is 5.11 Å². The molecule has 3 nitrogen and oxygen atoms in total. The Morgan fingerprint density at radius 1 is 1.00 bits per heavy atom. The van der Waals surface area contributed by atoms with Crippen molar-refractivity contribution in [2.45, 2.75) is 31.5 Å². The van der Waals surface area contributed by atoms with Gasteiger partial charge in [-0.05, 0) is 27.7 Å². The number of rotatable bonds is 4. The van der Waals surface area contributed by atoms with Crippen LogP contribution in [0.4, 0.5) is 0 Å². The predicted molar refractivity (Wildman–Crippen MR) is 67.7 cm³/mol. The number of alkyl halides is 3. The Kier molecular flexibility index (Phi) is 9.80. The van der Waals surface area contributed by atoms with Gasteiger partial charge in [0.15, 0.2) is 0 Å². The zero-order chi connectivity index (χ0) is 13.4. The zero-order valence-corrected chi connectivity index (χ0v) is 12.5. The summed E-state index contributed by atoms with van der Waals surface area (Å²) in [5, 5.41) is 9.51. The number of aliphatic carboxylic acids is 1. The minimum absolute atomic E-state index is 1.28. The molecule has 0 saturated carbocycles. The molecule has 6 heteroatoms. The van der Waals surface area contributed by atoms with E-state index < -0.39 is 9.76 Å². The summed E-state index contributed by atoms with van der Waals surface area (Å²) in [5.41, 5.74) is 0. The Bertz CT molecular complexity index is 183. The second-order valence-electron chi connectivity index (χ2n) is 3.39. The van der Waals surface area contributed by atoms with Crippen LogP contribution in [0.3, 0.4) is 0 Å². The Labute approximate surface area is 113 Å². The first-order valence-electron chi connectivity index (χ1n) is 5.32. The first-order valence-corrected chi connectivity index (χ1v) is 6.45. The third-order valence-electron chi connectivity index (χ3n) is 2.91. The summed E-state index contributed by atoms with van der Waals surface area (Å²) in [4.78, 5) is 9.51. The number of nitrogens with zero attached hydrogens (tertiary/aromatic N) is 1. The Morgan fingerprint density at radius 3 is 1.19 bits per heavy atom. The van der Waals surface area contributed by atoms with Gasteiger partial charge >= 0.3 is 0 Å². The summed E-state index contributed by atoms with van der Waals surface area (Å²) < 4.78 is -1.00. The van der Waals surface area contributed by atoms with Gasteiger partial charge in [0.1, 0.15) is 0 Å². The van der Waals surface area contributed by atoms with Crippen LogP contribution in [0.5, 0.6) is 0 Å². The zero-order valence-electron chi connectivity index (χ0n) is 10.2. The van der Waals surface area contributed by atoms with Gasteiger partial charge in [0.25, 0.3) is 0 Å². The molecule has 0 aliphatic rings. The van der Waals surface area contributed by atoms with E-state index in [-0.39, 0.29) is 0 Å². The number of carbonyl (C=O) groups is 1. The molecule has 0 fully saturated rings. The highest BCUT2D eigenvalue weighted by Crippen LogP contribution is 2.24. The summed E-state index contributed by atoms with van der Waals surface area (Å²) in [6, 6.07) is 0. The van der Waals surface area contributed by atoms with Crippen molar-refractivity contribution in [3.05, 3.63) is 0 Å². The molecule has 0 saturated heterocycles. The third-order valence-corrected chi connectivity index (χ3v) is 3.38. The maximum absolute atomic E-state index is 9.51. The molecule has 0 aliphatic heterocycles. The number of carboxylic acid groups (broad SMARTS) is 1. The number of carboxylic acids is 1. The van der Waals surface area contributed by atoms with Gasteiger partial charge < -0.3 is 14.4 Å². The van der Waals surface area contributed by atoms with Gasteiger partial charge in [0.2, 0.25) is 3.79 Å². The molecule has 0 unspecified atom stereocenters. The molecule has 0 amide bonds. The van der Waals surface area contributed by atoms with E-state index in [0.29, 0.717) is 0 Å². The van der Waals surface area contributed by atoms with Crippen LogP contribution in [-0.4, -0.2) is 40.4 Å². The van der Waals surface area contributed by atoms with Crippen molar-refractivity contribution in [1.29, 1.82) is 0 Å². The molecule has 0 aliphatic carbocycles. The molecule has 16 heavy (non-hydrogen) atoms. The van der Waals surface area contributed by atoms with E-state index in [1.807, 2.05) is 0 Å². The van der Waals surface area contributed by atoms with Gasteiger partial charge in [-0.1, -0.05) is 34.8 Å². The van der Waals surface area contributed by atoms with Crippen LogP contribution in [-0.2, 0) is 4.79 Å². The molecule has 0 atom stereocenters. The Morgan fingerprint density at radius 2 is 1.19 bits per heavy atom. The molecule has 0 aromatic heterocycles. The number of halogens is 3. The summed E-state index contributed by atoms with van der Waals surface area (Å²) >= 11 is 14.2. The minimum atomic E-state index is -2.28. The van der Waals surface area contributed by atoms with Crippen molar-refractivity contribution in [3.63, 3.8) is 0 Å². The average molecular weight is 293 g/mol. The fourth-order valence-electron chi connectivity index (χ4n) is 1.34. The molecular formula is C10H20Cl3NO2.